The van der Waals surface area contributed by atoms with Crippen molar-refractivity contribution in [3.05, 3.63) is 89.5 Å². The van der Waals surface area contributed by atoms with Crippen LogP contribution in [0.4, 0.5) is 4.79 Å². The number of nitrogens with one attached hydrogen (secondary N) is 1. The van der Waals surface area contributed by atoms with E-state index in [1.807, 2.05) is 60.7 Å². The van der Waals surface area contributed by atoms with Crippen LogP contribution in [0.1, 0.15) is 44.8 Å². The van der Waals surface area contributed by atoms with Crippen molar-refractivity contribution in [2.45, 2.75) is 37.2 Å². The second kappa shape index (κ2) is 7.74. The summed E-state index contributed by atoms with van der Waals surface area (Å²) < 4.78 is 15.8. The van der Waals surface area contributed by atoms with Crippen LogP contribution in [0.3, 0.4) is 0 Å². The topological polar surface area (TPSA) is 94.8 Å². The molecule has 9 heteroatoms. The predicted molar refractivity (Wildman–Crippen MR) is 160 cm³/mol. The maximum atomic E-state index is 14.5. The number of hydrogen-bond donors (Lipinski definition) is 1. The minimum absolute atomic E-state index is 0.0774. The highest BCUT2D eigenvalue weighted by Crippen LogP contribution is 2.55. The van der Waals surface area contributed by atoms with Gasteiger partial charge in [0.1, 0.15) is 11.9 Å². The van der Waals surface area contributed by atoms with Crippen molar-refractivity contribution in [2.75, 3.05) is 7.11 Å². The second-order valence-electron chi connectivity index (χ2n) is 11.9. The molecule has 1 aliphatic carbocycles. The molecular weight excluding hydrogens is 544 g/mol. The molecule has 3 aliphatic heterocycles. The van der Waals surface area contributed by atoms with Crippen LogP contribution in [0, 0.1) is 0 Å². The Balaban J connectivity index is 1.34. The summed E-state index contributed by atoms with van der Waals surface area (Å²) in [4.78, 5) is 42.9. The first-order valence-electron chi connectivity index (χ1n) is 14.5. The Morgan fingerprint density at radius 2 is 1.37 bits per heavy atom. The highest BCUT2D eigenvalue weighted by molar-refractivity contribution is 6.39. The van der Waals surface area contributed by atoms with E-state index in [9.17, 15) is 14.4 Å². The number of amides is 3. The molecule has 0 spiro atoms. The van der Waals surface area contributed by atoms with Crippen molar-refractivity contribution < 1.29 is 23.9 Å². The third kappa shape index (κ3) is 2.67. The number of benzene rings is 4. The zero-order valence-electron chi connectivity index (χ0n) is 23.0. The molecule has 3 amide bonds. The predicted octanol–water partition coefficient (Wildman–Crippen LogP) is 5.68. The van der Waals surface area contributed by atoms with Crippen LogP contribution in [0.25, 0.3) is 43.6 Å². The SMILES string of the molecule is COc1ccc(CN2C(=O)c3c(c4c5ccccc5n5c4c4c3c3ccccc3n4C3CC5[C@H]4OC(=O)NC34)C2=O)cc1. The fraction of sp³-hybridized carbons (Fsp3) is 0.206. The number of carbonyl (C=O) groups is 3. The van der Waals surface area contributed by atoms with E-state index in [4.69, 9.17) is 9.47 Å². The van der Waals surface area contributed by atoms with E-state index in [1.165, 1.54) is 4.90 Å². The Hall–Kier alpha value is -5.31. The Kier molecular flexibility index (Phi) is 4.19. The van der Waals surface area contributed by atoms with Gasteiger partial charge in [-0.25, -0.2) is 4.79 Å². The van der Waals surface area contributed by atoms with Crippen molar-refractivity contribution in [1.29, 1.82) is 0 Å². The molecular formula is C34H24N4O5. The monoisotopic (exact) mass is 568 g/mol. The van der Waals surface area contributed by atoms with Gasteiger partial charge in [0.05, 0.1) is 53.9 Å². The summed E-state index contributed by atoms with van der Waals surface area (Å²) in [7, 11) is 1.61. The molecule has 5 heterocycles. The number of nitrogens with zero attached hydrogens (tertiary/aromatic N) is 3. The number of alkyl carbamates (subject to hydrolysis) is 1. The normalized spacial score (nSPS) is 23.5. The Morgan fingerprint density at radius 3 is 1.98 bits per heavy atom. The van der Waals surface area contributed by atoms with Gasteiger partial charge in [-0.1, -0.05) is 48.5 Å². The molecule has 210 valence electrons. The standard InChI is InChI=1S/C34H24N4O5/c1-42-17-12-10-16(11-13-17)15-36-32(39)26-24-18-6-2-4-8-20(18)37-22-14-23(31-28(22)35-34(41)43-31)38-21-9-5-3-7-19(21)25(27(26)33(36)40)30(38)29(24)37/h2-13,22-23,28,31H,14-15H2,1H3,(H,35,41)/t22?,23?,28?,31-/m1/s1. The summed E-state index contributed by atoms with van der Waals surface area (Å²) in [6, 6.07) is 23.2. The van der Waals surface area contributed by atoms with Crippen molar-refractivity contribution in [3.63, 3.8) is 0 Å². The number of rotatable bonds is 3. The molecule has 4 aliphatic rings. The second-order valence-corrected chi connectivity index (χ2v) is 11.9. The summed E-state index contributed by atoms with van der Waals surface area (Å²) in [5.41, 5.74) is 5.55. The Morgan fingerprint density at radius 1 is 0.791 bits per heavy atom. The van der Waals surface area contributed by atoms with Gasteiger partial charge in [0.25, 0.3) is 11.8 Å². The van der Waals surface area contributed by atoms with Gasteiger partial charge in [0.15, 0.2) is 0 Å². The van der Waals surface area contributed by atoms with E-state index < -0.39 is 6.09 Å². The zero-order valence-corrected chi connectivity index (χ0v) is 23.0. The molecule has 4 atom stereocenters. The quantitative estimate of drug-likeness (QED) is 0.277. The van der Waals surface area contributed by atoms with E-state index in [0.717, 1.165) is 55.6 Å². The first-order valence-corrected chi connectivity index (χ1v) is 14.5. The number of hydrogen-bond acceptors (Lipinski definition) is 5. The van der Waals surface area contributed by atoms with Gasteiger partial charge in [-0.05, 0) is 36.2 Å². The number of carbonyl (C=O) groups excluding carboxylic acids is 3. The maximum absolute atomic E-state index is 14.5. The summed E-state index contributed by atoms with van der Waals surface area (Å²) in [6.45, 7) is 0.159. The molecule has 2 bridgehead atoms. The first kappa shape index (κ1) is 23.3. The van der Waals surface area contributed by atoms with E-state index in [2.05, 4.69) is 26.6 Å². The van der Waals surface area contributed by atoms with Crippen LogP contribution >= 0.6 is 0 Å². The Labute approximate surface area is 244 Å². The van der Waals surface area contributed by atoms with Gasteiger partial charge >= 0.3 is 6.09 Å². The van der Waals surface area contributed by atoms with Crippen molar-refractivity contribution in [1.82, 2.24) is 19.4 Å². The van der Waals surface area contributed by atoms with Crippen molar-refractivity contribution >= 4 is 61.5 Å². The molecule has 1 saturated carbocycles. The average Bonchev–Trinajstić information content (AvgIpc) is 3.78. The van der Waals surface area contributed by atoms with Gasteiger partial charge < -0.3 is 23.9 Å². The lowest BCUT2D eigenvalue weighted by molar-refractivity contribution is 0.0643. The van der Waals surface area contributed by atoms with Gasteiger partial charge in [-0.3, -0.25) is 14.5 Å². The van der Waals surface area contributed by atoms with E-state index in [0.29, 0.717) is 16.9 Å². The molecule has 2 fully saturated rings. The molecule has 2 aromatic heterocycles. The molecule has 9 nitrogen and oxygen atoms in total. The molecule has 0 radical (unpaired) electrons. The average molecular weight is 569 g/mol. The number of imide groups is 1. The molecule has 4 aromatic carbocycles. The van der Waals surface area contributed by atoms with Gasteiger partial charge in [-0.15, -0.1) is 0 Å². The number of fused-ring (bicyclic) bond motifs is 11. The zero-order chi connectivity index (χ0) is 28.7. The lowest BCUT2D eigenvalue weighted by Gasteiger charge is -2.23. The summed E-state index contributed by atoms with van der Waals surface area (Å²) in [6.07, 6.45) is -0.00161. The maximum Gasteiger partial charge on any atom is 0.407 e. The van der Waals surface area contributed by atoms with Crippen LogP contribution in [-0.2, 0) is 11.3 Å². The van der Waals surface area contributed by atoms with E-state index in [1.54, 1.807) is 7.11 Å². The minimum Gasteiger partial charge on any atom is -0.497 e. The van der Waals surface area contributed by atoms with E-state index >= 15 is 0 Å². The third-order valence-corrected chi connectivity index (χ3v) is 10.0. The summed E-state index contributed by atoms with van der Waals surface area (Å²) in [5, 5.41) is 6.52. The Bertz CT molecular complexity index is 2150. The van der Waals surface area contributed by atoms with Gasteiger partial charge in [-0.2, -0.15) is 0 Å². The van der Waals surface area contributed by atoms with Crippen LogP contribution < -0.4 is 10.1 Å². The molecule has 43 heavy (non-hydrogen) atoms. The van der Waals surface area contributed by atoms with E-state index in [-0.39, 0.29) is 42.6 Å². The van der Waals surface area contributed by atoms with Crippen LogP contribution in [0.15, 0.2) is 72.8 Å². The summed E-state index contributed by atoms with van der Waals surface area (Å²) in [5.74, 6) is 0.130. The fourth-order valence-corrected chi connectivity index (χ4v) is 8.41. The minimum atomic E-state index is -0.405. The van der Waals surface area contributed by atoms with Gasteiger partial charge in [0, 0.05) is 32.6 Å². The van der Waals surface area contributed by atoms with Crippen molar-refractivity contribution in [3.8, 4) is 5.75 Å². The molecule has 3 unspecified atom stereocenters. The fourth-order valence-electron chi connectivity index (χ4n) is 8.41. The van der Waals surface area contributed by atoms with Crippen LogP contribution in [-0.4, -0.2) is 51.2 Å². The lowest BCUT2D eigenvalue weighted by Crippen LogP contribution is -2.36. The smallest absolute Gasteiger partial charge is 0.407 e. The largest absolute Gasteiger partial charge is 0.497 e. The van der Waals surface area contributed by atoms with Crippen molar-refractivity contribution in [2.24, 2.45) is 0 Å². The summed E-state index contributed by atoms with van der Waals surface area (Å²) >= 11 is 0. The third-order valence-electron chi connectivity index (χ3n) is 10.0. The number of para-hydroxylation sites is 2. The van der Waals surface area contributed by atoms with Crippen LogP contribution in [0.2, 0.25) is 0 Å². The molecule has 6 aromatic rings. The lowest BCUT2D eigenvalue weighted by atomic mass is 9.96. The molecule has 1 N–H and O–H groups in total. The van der Waals surface area contributed by atoms with Gasteiger partial charge in [0.2, 0.25) is 0 Å². The number of aromatic nitrogens is 2. The number of ether oxygens (including phenoxy) is 2. The first-order chi connectivity index (χ1) is 21.0. The molecule has 1 saturated heterocycles. The highest BCUT2D eigenvalue weighted by Gasteiger charge is 2.55. The highest BCUT2D eigenvalue weighted by atomic mass is 16.6. The van der Waals surface area contributed by atoms with Crippen LogP contribution in [0.5, 0.6) is 5.75 Å². The number of methoxy groups -OCH3 is 1. The molecule has 10 rings (SSSR count).